The van der Waals surface area contributed by atoms with Crippen LogP contribution in [0, 0.1) is 5.92 Å². The second kappa shape index (κ2) is 7.65. The summed E-state index contributed by atoms with van der Waals surface area (Å²) in [6, 6.07) is 6.67. The van der Waals surface area contributed by atoms with Gasteiger partial charge in [0.1, 0.15) is 0 Å². The molecule has 2 unspecified atom stereocenters. The summed E-state index contributed by atoms with van der Waals surface area (Å²) < 4.78 is 0. The predicted octanol–water partition coefficient (Wildman–Crippen LogP) is 2.76. The molecular formula is C16H25ClN2O. The van der Waals surface area contributed by atoms with Crippen LogP contribution >= 0.6 is 12.4 Å². The van der Waals surface area contributed by atoms with Gasteiger partial charge in [-0.25, -0.2) is 0 Å². The molecule has 0 saturated carbocycles. The van der Waals surface area contributed by atoms with Gasteiger partial charge in [-0.05, 0) is 49.3 Å². The minimum Gasteiger partial charge on any atom is -0.349 e. The molecule has 1 aromatic carbocycles. The van der Waals surface area contributed by atoms with E-state index in [-0.39, 0.29) is 30.3 Å². The average Bonchev–Trinajstić information content (AvgIpc) is 2.45. The number of aryl methyl sites for hydroxylation is 2. The maximum atomic E-state index is 11.9. The number of amides is 1. The van der Waals surface area contributed by atoms with E-state index in [0.717, 1.165) is 0 Å². The zero-order valence-corrected chi connectivity index (χ0v) is 13.1. The number of benzene rings is 1. The van der Waals surface area contributed by atoms with E-state index in [1.165, 1.54) is 42.4 Å². The SMILES string of the molecule is CC(CN)C(=O)NC(C)c1ccc2c(c1)CCCC2.Cl. The second-order valence-corrected chi connectivity index (χ2v) is 5.60. The predicted molar refractivity (Wildman–Crippen MR) is 85.1 cm³/mol. The molecule has 0 aliphatic heterocycles. The number of nitrogens with two attached hydrogens (primary N) is 1. The summed E-state index contributed by atoms with van der Waals surface area (Å²) in [6.07, 6.45) is 4.94. The molecule has 0 radical (unpaired) electrons. The fraction of sp³-hybridized carbons (Fsp3) is 0.562. The van der Waals surface area contributed by atoms with E-state index in [1.54, 1.807) is 0 Å². The van der Waals surface area contributed by atoms with E-state index < -0.39 is 0 Å². The summed E-state index contributed by atoms with van der Waals surface area (Å²) in [6.45, 7) is 4.28. The Morgan fingerprint density at radius 3 is 2.55 bits per heavy atom. The number of carbonyl (C=O) groups excluding carboxylic acids is 1. The first-order valence-electron chi connectivity index (χ1n) is 7.24. The van der Waals surface area contributed by atoms with Crippen molar-refractivity contribution in [3.8, 4) is 0 Å². The minimum atomic E-state index is -0.125. The molecule has 0 bridgehead atoms. The monoisotopic (exact) mass is 296 g/mol. The number of hydrogen-bond acceptors (Lipinski definition) is 2. The van der Waals surface area contributed by atoms with Crippen molar-refractivity contribution in [2.75, 3.05) is 6.54 Å². The van der Waals surface area contributed by atoms with Crippen molar-refractivity contribution in [1.82, 2.24) is 5.32 Å². The van der Waals surface area contributed by atoms with E-state index in [1.807, 2.05) is 13.8 Å². The molecule has 1 aromatic rings. The molecule has 4 heteroatoms. The van der Waals surface area contributed by atoms with Crippen molar-refractivity contribution in [3.63, 3.8) is 0 Å². The maximum Gasteiger partial charge on any atom is 0.224 e. The van der Waals surface area contributed by atoms with Gasteiger partial charge in [0.05, 0.1) is 6.04 Å². The molecule has 0 spiro atoms. The standard InChI is InChI=1S/C16H24N2O.ClH/c1-11(10-17)16(19)18-12(2)14-8-7-13-5-3-4-6-15(13)9-14;/h7-9,11-12H,3-6,10,17H2,1-2H3,(H,18,19);1H. The van der Waals surface area contributed by atoms with Crippen LogP contribution in [0.2, 0.25) is 0 Å². The first kappa shape index (κ1) is 17.0. The number of rotatable bonds is 4. The minimum absolute atomic E-state index is 0. The van der Waals surface area contributed by atoms with Gasteiger partial charge in [-0.2, -0.15) is 0 Å². The Morgan fingerprint density at radius 2 is 1.90 bits per heavy atom. The third kappa shape index (κ3) is 3.97. The zero-order chi connectivity index (χ0) is 13.8. The molecule has 112 valence electrons. The maximum absolute atomic E-state index is 11.9. The average molecular weight is 297 g/mol. The fourth-order valence-electron chi connectivity index (χ4n) is 2.57. The third-order valence-electron chi connectivity index (χ3n) is 4.03. The molecule has 3 N–H and O–H groups in total. The highest BCUT2D eigenvalue weighted by Gasteiger charge is 2.16. The lowest BCUT2D eigenvalue weighted by molar-refractivity contribution is -0.124. The van der Waals surface area contributed by atoms with E-state index in [9.17, 15) is 4.79 Å². The zero-order valence-electron chi connectivity index (χ0n) is 12.3. The Hall–Kier alpha value is -1.06. The number of fused-ring (bicyclic) bond motifs is 1. The van der Waals surface area contributed by atoms with Crippen LogP contribution < -0.4 is 11.1 Å². The molecule has 1 amide bonds. The van der Waals surface area contributed by atoms with Crippen LogP contribution in [0.5, 0.6) is 0 Å². The van der Waals surface area contributed by atoms with Crippen molar-refractivity contribution < 1.29 is 4.79 Å². The Labute approximate surface area is 127 Å². The van der Waals surface area contributed by atoms with Gasteiger partial charge in [-0.1, -0.05) is 25.1 Å². The van der Waals surface area contributed by atoms with Gasteiger partial charge in [0.15, 0.2) is 0 Å². The van der Waals surface area contributed by atoms with E-state index in [4.69, 9.17) is 5.73 Å². The van der Waals surface area contributed by atoms with Gasteiger partial charge in [0.25, 0.3) is 0 Å². The lowest BCUT2D eigenvalue weighted by atomic mass is 9.89. The molecule has 1 aliphatic carbocycles. The number of hydrogen-bond donors (Lipinski definition) is 2. The lowest BCUT2D eigenvalue weighted by Crippen LogP contribution is -2.34. The smallest absolute Gasteiger partial charge is 0.224 e. The van der Waals surface area contributed by atoms with Crippen LogP contribution in [0.1, 0.15) is 49.4 Å². The fourth-order valence-corrected chi connectivity index (χ4v) is 2.57. The highest BCUT2D eigenvalue weighted by atomic mass is 35.5. The Balaban J connectivity index is 0.00000200. The van der Waals surface area contributed by atoms with Crippen LogP contribution in [0.15, 0.2) is 18.2 Å². The Morgan fingerprint density at radius 1 is 1.25 bits per heavy atom. The van der Waals surface area contributed by atoms with Gasteiger partial charge < -0.3 is 11.1 Å². The van der Waals surface area contributed by atoms with Gasteiger partial charge in [0, 0.05) is 12.5 Å². The summed E-state index contributed by atoms with van der Waals surface area (Å²) in [5, 5.41) is 3.03. The molecule has 0 fully saturated rings. The molecule has 1 aliphatic rings. The number of nitrogens with one attached hydrogen (secondary N) is 1. The molecule has 3 nitrogen and oxygen atoms in total. The number of halogens is 1. The molecule has 0 heterocycles. The third-order valence-corrected chi connectivity index (χ3v) is 4.03. The molecular weight excluding hydrogens is 272 g/mol. The van der Waals surface area contributed by atoms with Gasteiger partial charge >= 0.3 is 0 Å². The van der Waals surface area contributed by atoms with Crippen LogP contribution in [0.3, 0.4) is 0 Å². The summed E-state index contributed by atoms with van der Waals surface area (Å²) in [5.74, 6) is -0.0900. The highest BCUT2D eigenvalue weighted by molar-refractivity contribution is 5.85. The Kier molecular flexibility index (Phi) is 6.50. The van der Waals surface area contributed by atoms with Crippen LogP contribution in [0.25, 0.3) is 0 Å². The second-order valence-electron chi connectivity index (χ2n) is 5.60. The van der Waals surface area contributed by atoms with Crippen LogP contribution in [-0.4, -0.2) is 12.5 Å². The van der Waals surface area contributed by atoms with Crippen molar-refractivity contribution in [2.24, 2.45) is 11.7 Å². The molecule has 20 heavy (non-hydrogen) atoms. The summed E-state index contributed by atoms with van der Waals surface area (Å²) in [5.41, 5.74) is 9.64. The lowest BCUT2D eigenvalue weighted by Gasteiger charge is -2.21. The largest absolute Gasteiger partial charge is 0.349 e. The van der Waals surface area contributed by atoms with E-state index in [0.29, 0.717) is 6.54 Å². The Bertz CT molecular complexity index is 462. The van der Waals surface area contributed by atoms with Crippen molar-refractivity contribution in [1.29, 1.82) is 0 Å². The number of carbonyl (C=O) groups is 1. The summed E-state index contributed by atoms with van der Waals surface area (Å²) >= 11 is 0. The topological polar surface area (TPSA) is 55.1 Å². The van der Waals surface area contributed by atoms with Crippen molar-refractivity contribution in [2.45, 2.75) is 45.6 Å². The first-order valence-corrected chi connectivity index (χ1v) is 7.24. The molecule has 2 atom stereocenters. The van der Waals surface area contributed by atoms with Crippen molar-refractivity contribution in [3.05, 3.63) is 34.9 Å². The van der Waals surface area contributed by atoms with Gasteiger partial charge in [-0.3, -0.25) is 4.79 Å². The van der Waals surface area contributed by atoms with Crippen LogP contribution in [-0.2, 0) is 17.6 Å². The van der Waals surface area contributed by atoms with Gasteiger partial charge in [-0.15, -0.1) is 12.4 Å². The molecule has 0 saturated heterocycles. The summed E-state index contributed by atoms with van der Waals surface area (Å²) in [7, 11) is 0. The molecule has 0 aromatic heterocycles. The highest BCUT2D eigenvalue weighted by Crippen LogP contribution is 2.24. The molecule has 2 rings (SSSR count). The normalized spacial score (nSPS) is 16.6. The van der Waals surface area contributed by atoms with E-state index in [2.05, 4.69) is 23.5 Å². The van der Waals surface area contributed by atoms with Crippen molar-refractivity contribution >= 4 is 18.3 Å². The van der Waals surface area contributed by atoms with Gasteiger partial charge in [0.2, 0.25) is 5.91 Å². The van der Waals surface area contributed by atoms with E-state index >= 15 is 0 Å². The van der Waals surface area contributed by atoms with Crippen LogP contribution in [0.4, 0.5) is 0 Å². The summed E-state index contributed by atoms with van der Waals surface area (Å²) in [4.78, 5) is 11.9. The first-order chi connectivity index (χ1) is 9.11. The quantitative estimate of drug-likeness (QED) is 0.897.